The van der Waals surface area contributed by atoms with Crippen molar-refractivity contribution in [3.8, 4) is 0 Å². The van der Waals surface area contributed by atoms with E-state index in [1.807, 2.05) is 44.4 Å². The maximum absolute atomic E-state index is 14.2. The summed E-state index contributed by atoms with van der Waals surface area (Å²) in [5.74, 6) is 0. The number of halogens is 24. The van der Waals surface area contributed by atoms with Crippen LogP contribution >= 0.6 is 0 Å². The number of hydrogen-bond donors (Lipinski definition) is 0. The van der Waals surface area contributed by atoms with E-state index in [0.29, 0.717) is 0 Å². The Kier molecular flexibility index (Phi) is 14.5. The maximum Gasteiger partial charge on any atom is 0.416 e. The van der Waals surface area contributed by atoms with Crippen molar-refractivity contribution in [1.82, 2.24) is 0 Å². The Morgan fingerprint density at radius 3 is 0.642 bits per heavy atom. The molecule has 67 heavy (non-hydrogen) atoms. The lowest BCUT2D eigenvalue weighted by atomic mass is 9.12. The highest BCUT2D eigenvalue weighted by Gasteiger charge is 2.47. The molecule has 366 valence electrons. The molecule has 0 aliphatic rings. The van der Waals surface area contributed by atoms with Gasteiger partial charge in [-0.25, -0.2) is 0 Å². The fraction of sp³-hybridized carbons (Fsp3) is 0.275. The molecule has 0 saturated carbocycles. The molecule has 5 aromatic rings. The fourth-order valence-electron chi connectivity index (χ4n) is 6.77. The molecule has 2 nitrogen and oxygen atoms in total. The number of aromatic nitrogens is 1. The first-order chi connectivity index (χ1) is 30.0. The Morgan fingerprint density at radius 1 is 0.313 bits per heavy atom. The van der Waals surface area contributed by atoms with E-state index in [9.17, 15) is 105 Å². The molecular weight excluding hydrogens is 977 g/mol. The molecule has 0 saturated heterocycles. The van der Waals surface area contributed by atoms with Gasteiger partial charge in [-0.05, 0) is 38.1 Å². The van der Waals surface area contributed by atoms with E-state index in [0.717, 1.165) is 0 Å². The van der Waals surface area contributed by atoms with Crippen LogP contribution in [0, 0.1) is 0 Å². The van der Waals surface area contributed by atoms with Crippen LogP contribution in [0.15, 0.2) is 103 Å². The third kappa shape index (κ3) is 12.8. The fourth-order valence-corrected chi connectivity index (χ4v) is 6.77. The van der Waals surface area contributed by atoms with Crippen LogP contribution < -0.4 is 31.4 Å². The molecule has 0 atom stereocenters. The van der Waals surface area contributed by atoms with Crippen molar-refractivity contribution in [2.24, 2.45) is 0 Å². The number of hydrogen-bond acceptors (Lipinski definition) is 1. The molecule has 0 N–H and O–H groups in total. The second-order valence-electron chi connectivity index (χ2n) is 14.6. The molecule has 0 bridgehead atoms. The van der Waals surface area contributed by atoms with Crippen LogP contribution in [0.3, 0.4) is 0 Å². The van der Waals surface area contributed by atoms with E-state index in [1.165, 1.54) is 0 Å². The van der Waals surface area contributed by atoms with Crippen molar-refractivity contribution in [2.45, 2.75) is 69.4 Å². The quantitative estimate of drug-likeness (QED) is 0.0939. The van der Waals surface area contributed by atoms with Crippen LogP contribution in [-0.2, 0) is 49.4 Å². The van der Waals surface area contributed by atoms with Crippen molar-refractivity contribution in [2.75, 3.05) is 0 Å². The molecule has 1 aromatic heterocycles. The van der Waals surface area contributed by atoms with Gasteiger partial charge in [-0.2, -0.15) is 127 Å². The summed E-state index contributed by atoms with van der Waals surface area (Å²) in [6, 6.07) is -2.99. The molecule has 0 aliphatic heterocycles. The summed E-state index contributed by atoms with van der Waals surface area (Å²) >= 11 is 0. The highest BCUT2D eigenvalue weighted by atomic mass is 19.4. The Hall–Kier alpha value is -5.79. The Balaban J connectivity index is 0.000000865. The third-order valence-corrected chi connectivity index (χ3v) is 9.46. The highest BCUT2D eigenvalue weighted by Crippen LogP contribution is 2.41. The second kappa shape index (κ2) is 18.0. The average Bonchev–Trinajstić information content (AvgIpc) is 3.15. The molecule has 0 amide bonds. The zero-order valence-electron chi connectivity index (χ0n) is 32.9. The van der Waals surface area contributed by atoms with Crippen LogP contribution in [0.1, 0.15) is 58.4 Å². The summed E-state index contributed by atoms with van der Waals surface area (Å²) in [5, 5.41) is 0. The Labute approximate surface area is 360 Å². The standard InChI is InChI=1S/C32H12BF24.C8H12NO/c34-25(35,36)13-1-14(26(37,38)39)6-21(5-13)33(22-7-15(27(40,41)42)2-16(8-22)28(43,44)45,23-9-17(29(46,47)48)3-18(10-23)30(49,50)51)24-11-19(31(52,53)54)4-20(12-24)32(55,56)57;1-8(2)10-9-6-4-3-5-7-9/h1-12H;3-8H,1-2H3/q-1;+1. The van der Waals surface area contributed by atoms with Gasteiger partial charge in [0.15, 0.2) is 6.10 Å². The predicted molar refractivity (Wildman–Crippen MR) is 188 cm³/mol. The van der Waals surface area contributed by atoms with E-state index >= 15 is 0 Å². The first kappa shape index (κ1) is 53.8. The number of nitrogens with zero attached hydrogens (tertiary/aromatic N) is 1. The van der Waals surface area contributed by atoms with Gasteiger partial charge in [0.1, 0.15) is 6.15 Å². The smallest absolute Gasteiger partial charge is 0.269 e. The van der Waals surface area contributed by atoms with Crippen LogP contribution in [0.2, 0.25) is 0 Å². The predicted octanol–water partition coefficient (Wildman–Crippen LogP) is 12.0. The van der Waals surface area contributed by atoms with Gasteiger partial charge in [-0.3, -0.25) is 4.84 Å². The van der Waals surface area contributed by atoms with Gasteiger partial charge >= 0.3 is 49.4 Å². The number of rotatable bonds is 6. The van der Waals surface area contributed by atoms with Crippen molar-refractivity contribution < 1.29 is 115 Å². The minimum absolute atomic E-state index is 0.229. The van der Waals surface area contributed by atoms with Gasteiger partial charge in [-0.1, -0.05) is 54.6 Å². The minimum atomic E-state index is -6.13. The number of benzene rings is 4. The van der Waals surface area contributed by atoms with Crippen LogP contribution in [0.5, 0.6) is 0 Å². The zero-order chi connectivity index (χ0) is 51.3. The molecular formula is C40H24BF24NO. The largest absolute Gasteiger partial charge is 0.416 e. The summed E-state index contributed by atoms with van der Waals surface area (Å²) in [6.45, 7) is 4.00. The van der Waals surface area contributed by atoms with Gasteiger partial charge in [0, 0.05) is 16.9 Å². The minimum Gasteiger partial charge on any atom is -0.269 e. The van der Waals surface area contributed by atoms with Crippen molar-refractivity contribution >= 4 is 28.0 Å². The van der Waals surface area contributed by atoms with Gasteiger partial charge in [-0.15, -0.1) is 0 Å². The van der Waals surface area contributed by atoms with Gasteiger partial charge in [0.05, 0.1) is 44.5 Å². The summed E-state index contributed by atoms with van der Waals surface area (Å²) in [6.07, 6.45) is -50.8. The van der Waals surface area contributed by atoms with Crippen molar-refractivity contribution in [3.05, 3.63) is 148 Å². The lowest BCUT2D eigenvalue weighted by Crippen LogP contribution is -2.75. The molecule has 0 unspecified atom stereocenters. The van der Waals surface area contributed by atoms with Crippen molar-refractivity contribution in [3.63, 3.8) is 0 Å². The third-order valence-electron chi connectivity index (χ3n) is 9.46. The van der Waals surface area contributed by atoms with Gasteiger partial charge in [0.2, 0.25) is 12.4 Å². The molecule has 27 heteroatoms. The van der Waals surface area contributed by atoms with E-state index in [1.54, 1.807) is 4.73 Å². The van der Waals surface area contributed by atoms with Crippen LogP contribution in [-0.4, -0.2) is 12.2 Å². The molecule has 0 fully saturated rings. The molecule has 5 rings (SSSR count). The summed E-state index contributed by atoms with van der Waals surface area (Å²) in [7, 11) is 0. The zero-order valence-corrected chi connectivity index (χ0v) is 32.9. The number of pyridine rings is 1. The van der Waals surface area contributed by atoms with E-state index in [4.69, 9.17) is 4.84 Å². The Bertz CT molecular complexity index is 2090. The van der Waals surface area contributed by atoms with E-state index in [2.05, 4.69) is 0 Å². The Morgan fingerprint density at radius 2 is 0.493 bits per heavy atom. The average molecular weight is 1000 g/mol. The molecule has 0 aliphatic carbocycles. The first-order valence-electron chi connectivity index (χ1n) is 18.0. The monoisotopic (exact) mass is 1000 g/mol. The topological polar surface area (TPSA) is 13.1 Å². The maximum atomic E-state index is 14.2. The summed E-state index contributed by atoms with van der Waals surface area (Å²) < 4.78 is 343. The van der Waals surface area contributed by atoms with Crippen LogP contribution in [0.4, 0.5) is 105 Å². The van der Waals surface area contributed by atoms with E-state index in [-0.39, 0.29) is 6.10 Å². The lowest BCUT2D eigenvalue weighted by molar-refractivity contribution is -0.897. The normalized spacial score (nSPS) is 13.7. The molecule has 0 radical (unpaired) electrons. The van der Waals surface area contributed by atoms with Crippen molar-refractivity contribution in [1.29, 1.82) is 0 Å². The van der Waals surface area contributed by atoms with E-state index < -0.39 is 195 Å². The van der Waals surface area contributed by atoms with Gasteiger partial charge < -0.3 is 0 Å². The molecule has 4 aromatic carbocycles. The van der Waals surface area contributed by atoms with Gasteiger partial charge in [0.25, 0.3) is 0 Å². The first-order valence-corrected chi connectivity index (χ1v) is 18.0. The molecule has 0 spiro atoms. The second-order valence-corrected chi connectivity index (χ2v) is 14.6. The summed E-state index contributed by atoms with van der Waals surface area (Å²) in [5.41, 5.74) is -30.2. The number of alkyl halides is 24. The summed E-state index contributed by atoms with van der Waals surface area (Å²) in [4.78, 5) is 5.33. The SMILES string of the molecule is CC(C)O[n+]1ccccc1.FC(F)(F)c1cc([B-](c2cc(C(F)(F)F)cc(C(F)(F)F)c2)(c2cc(C(F)(F)F)cc(C(F)(F)F)c2)c2cc(C(F)(F)F)cc(C(F)(F)F)c2)cc(C(F)(F)F)c1. The highest BCUT2D eigenvalue weighted by molar-refractivity contribution is 7.20. The van der Waals surface area contributed by atoms with Crippen LogP contribution in [0.25, 0.3) is 0 Å². The lowest BCUT2D eigenvalue weighted by Gasteiger charge is -2.46. The molecule has 1 heterocycles.